The normalized spacial score (nSPS) is 22.6. The molecule has 0 spiro atoms. The predicted molar refractivity (Wildman–Crippen MR) is 77.4 cm³/mol. The molecule has 1 unspecified atom stereocenters. The first kappa shape index (κ1) is 12.5. The summed E-state index contributed by atoms with van der Waals surface area (Å²) in [7, 11) is 0. The highest BCUT2D eigenvalue weighted by Gasteiger charge is 2.32. The van der Waals surface area contributed by atoms with Gasteiger partial charge in [0.15, 0.2) is 5.65 Å². The largest absolute Gasteiger partial charge is 0.367 e. The Morgan fingerprint density at radius 3 is 2.95 bits per heavy atom. The molecule has 1 aliphatic rings. The van der Waals surface area contributed by atoms with Crippen molar-refractivity contribution in [3.05, 3.63) is 24.0 Å². The summed E-state index contributed by atoms with van der Waals surface area (Å²) >= 11 is 0. The summed E-state index contributed by atoms with van der Waals surface area (Å²) in [4.78, 5) is 4.28. The van der Waals surface area contributed by atoms with Crippen LogP contribution in [0.3, 0.4) is 0 Å². The molecule has 0 amide bonds. The van der Waals surface area contributed by atoms with Crippen LogP contribution < -0.4 is 5.32 Å². The summed E-state index contributed by atoms with van der Waals surface area (Å²) in [5, 5.41) is 8.02. The fourth-order valence-corrected chi connectivity index (χ4v) is 3.10. The van der Waals surface area contributed by atoms with Crippen LogP contribution in [0.5, 0.6) is 0 Å². The monoisotopic (exact) mass is 258 g/mol. The fourth-order valence-electron chi connectivity index (χ4n) is 3.10. The van der Waals surface area contributed by atoms with Gasteiger partial charge in [-0.15, -0.1) is 0 Å². The number of fused-ring (bicyclic) bond motifs is 1. The van der Waals surface area contributed by atoms with E-state index in [9.17, 15) is 0 Å². The minimum absolute atomic E-state index is 0.342. The number of nitrogens with zero attached hydrogens (tertiary/aromatic N) is 3. The summed E-state index contributed by atoms with van der Waals surface area (Å²) in [6.07, 6.45) is 6.80. The van der Waals surface area contributed by atoms with Crippen molar-refractivity contribution < 1.29 is 0 Å². The third-order valence-corrected chi connectivity index (χ3v) is 4.35. The Bertz CT molecular complexity index is 585. The molecule has 102 valence electrons. The molecule has 1 saturated carbocycles. The highest BCUT2D eigenvalue weighted by atomic mass is 15.3. The molecule has 1 atom stereocenters. The second kappa shape index (κ2) is 4.51. The highest BCUT2D eigenvalue weighted by Crippen LogP contribution is 2.37. The van der Waals surface area contributed by atoms with Gasteiger partial charge in [0.25, 0.3) is 0 Å². The quantitative estimate of drug-likeness (QED) is 0.897. The van der Waals surface area contributed by atoms with Crippen LogP contribution in [0.4, 0.5) is 5.82 Å². The van der Waals surface area contributed by atoms with Crippen molar-refractivity contribution in [2.75, 3.05) is 5.32 Å². The Morgan fingerprint density at radius 1 is 1.32 bits per heavy atom. The zero-order valence-corrected chi connectivity index (χ0v) is 12.0. The number of rotatable bonds is 2. The van der Waals surface area contributed by atoms with Crippen LogP contribution >= 0.6 is 0 Å². The topological polar surface area (TPSA) is 42.2 Å². The third-order valence-electron chi connectivity index (χ3n) is 4.35. The van der Waals surface area contributed by atoms with Crippen LogP contribution in [-0.2, 0) is 0 Å². The van der Waals surface area contributed by atoms with Crippen molar-refractivity contribution in [2.24, 2.45) is 5.41 Å². The molecule has 3 rings (SSSR count). The van der Waals surface area contributed by atoms with Gasteiger partial charge in [-0.3, -0.25) is 0 Å². The van der Waals surface area contributed by atoms with E-state index >= 15 is 0 Å². The van der Waals surface area contributed by atoms with Crippen LogP contribution in [0, 0.1) is 12.3 Å². The Morgan fingerprint density at radius 2 is 2.16 bits per heavy atom. The number of aromatic nitrogens is 3. The number of aryl methyl sites for hydroxylation is 1. The molecule has 1 fully saturated rings. The minimum Gasteiger partial charge on any atom is -0.367 e. The lowest BCUT2D eigenvalue weighted by molar-refractivity contribution is 0.216. The Hall–Kier alpha value is -1.58. The number of anilines is 1. The van der Waals surface area contributed by atoms with Crippen LogP contribution in [0.15, 0.2) is 18.5 Å². The van der Waals surface area contributed by atoms with Crippen LogP contribution in [0.25, 0.3) is 5.65 Å². The molecule has 0 bridgehead atoms. The van der Waals surface area contributed by atoms with Gasteiger partial charge in [0, 0.05) is 6.04 Å². The van der Waals surface area contributed by atoms with Crippen LogP contribution in [0.1, 0.15) is 45.1 Å². The van der Waals surface area contributed by atoms with Crippen molar-refractivity contribution in [2.45, 2.75) is 52.5 Å². The molecule has 0 radical (unpaired) electrons. The van der Waals surface area contributed by atoms with Gasteiger partial charge in [-0.2, -0.15) is 9.61 Å². The van der Waals surface area contributed by atoms with Gasteiger partial charge >= 0.3 is 0 Å². The van der Waals surface area contributed by atoms with Crippen molar-refractivity contribution in [1.82, 2.24) is 14.6 Å². The number of hydrogen-bond acceptors (Lipinski definition) is 3. The van der Waals surface area contributed by atoms with Crippen molar-refractivity contribution in [1.29, 1.82) is 0 Å². The predicted octanol–water partition coefficient (Wildman–Crippen LogP) is 3.42. The van der Waals surface area contributed by atoms with E-state index in [0.29, 0.717) is 11.5 Å². The van der Waals surface area contributed by atoms with Crippen molar-refractivity contribution in [3.8, 4) is 0 Å². The van der Waals surface area contributed by atoms with E-state index in [1.165, 1.54) is 31.2 Å². The zero-order chi connectivity index (χ0) is 13.5. The molecule has 4 nitrogen and oxygen atoms in total. The highest BCUT2D eigenvalue weighted by molar-refractivity contribution is 5.51. The van der Waals surface area contributed by atoms with Crippen LogP contribution in [0.2, 0.25) is 0 Å². The molecule has 1 N–H and O–H groups in total. The van der Waals surface area contributed by atoms with Gasteiger partial charge in [-0.05, 0) is 42.9 Å². The van der Waals surface area contributed by atoms with Crippen LogP contribution in [-0.4, -0.2) is 20.6 Å². The smallest absolute Gasteiger partial charge is 0.157 e. The van der Waals surface area contributed by atoms with E-state index in [4.69, 9.17) is 0 Å². The molecular formula is C15H22N4. The first-order valence-corrected chi connectivity index (χ1v) is 7.13. The molecule has 0 saturated heterocycles. The van der Waals surface area contributed by atoms with Gasteiger partial charge in [-0.25, -0.2) is 4.98 Å². The number of hydrogen-bond donors (Lipinski definition) is 1. The van der Waals surface area contributed by atoms with E-state index < -0.39 is 0 Å². The molecule has 1 aliphatic carbocycles. The summed E-state index contributed by atoms with van der Waals surface area (Å²) in [5.41, 5.74) is 2.47. The van der Waals surface area contributed by atoms with Gasteiger partial charge in [0.05, 0.1) is 0 Å². The standard InChI is InChI=1S/C15H22N4/c1-11-8-13-16-10-17-19(13)14(9-11)18-12-6-4-5-7-15(12,2)3/h8-10,12,18H,4-7H2,1-3H3. The second-order valence-corrected chi connectivity index (χ2v) is 6.38. The zero-order valence-electron chi connectivity index (χ0n) is 12.0. The third kappa shape index (κ3) is 2.31. The Labute approximate surface area is 114 Å². The van der Waals surface area contributed by atoms with E-state index in [1.54, 1.807) is 6.33 Å². The first-order valence-electron chi connectivity index (χ1n) is 7.13. The maximum Gasteiger partial charge on any atom is 0.157 e. The summed E-state index contributed by atoms with van der Waals surface area (Å²) < 4.78 is 1.90. The molecular weight excluding hydrogens is 236 g/mol. The molecule has 2 aromatic heterocycles. The van der Waals surface area contributed by atoms with E-state index in [0.717, 1.165) is 11.5 Å². The maximum atomic E-state index is 4.32. The maximum absolute atomic E-state index is 4.32. The Balaban J connectivity index is 1.94. The Kier molecular flexibility index (Phi) is 2.96. The second-order valence-electron chi connectivity index (χ2n) is 6.38. The fraction of sp³-hybridized carbons (Fsp3) is 0.600. The first-order chi connectivity index (χ1) is 9.06. The number of pyridine rings is 1. The lowest BCUT2D eigenvalue weighted by atomic mass is 9.73. The average molecular weight is 258 g/mol. The molecule has 4 heteroatoms. The summed E-state index contributed by atoms with van der Waals surface area (Å²) in [6.45, 7) is 6.82. The summed E-state index contributed by atoms with van der Waals surface area (Å²) in [5.74, 6) is 1.06. The molecule has 2 aromatic rings. The molecule has 19 heavy (non-hydrogen) atoms. The molecule has 2 heterocycles. The van der Waals surface area contributed by atoms with Crippen molar-refractivity contribution >= 4 is 11.5 Å². The average Bonchev–Trinajstić information content (AvgIpc) is 2.79. The van der Waals surface area contributed by atoms with E-state index in [2.05, 4.69) is 48.3 Å². The lowest BCUT2D eigenvalue weighted by Crippen LogP contribution is -2.39. The molecule has 0 aliphatic heterocycles. The van der Waals surface area contributed by atoms with Gasteiger partial charge in [0.1, 0.15) is 12.1 Å². The van der Waals surface area contributed by atoms with Gasteiger partial charge in [-0.1, -0.05) is 26.7 Å². The molecule has 0 aromatic carbocycles. The number of nitrogens with one attached hydrogen (secondary N) is 1. The minimum atomic E-state index is 0.342. The lowest BCUT2D eigenvalue weighted by Gasteiger charge is -2.39. The van der Waals surface area contributed by atoms with Gasteiger partial charge in [0.2, 0.25) is 0 Å². The SMILES string of the molecule is Cc1cc(NC2CCCCC2(C)C)n2ncnc2c1. The van der Waals surface area contributed by atoms with Crippen molar-refractivity contribution in [3.63, 3.8) is 0 Å². The van der Waals surface area contributed by atoms with E-state index in [-0.39, 0.29) is 0 Å². The van der Waals surface area contributed by atoms with Gasteiger partial charge < -0.3 is 5.32 Å². The van der Waals surface area contributed by atoms with E-state index in [1.807, 2.05) is 4.52 Å². The summed E-state index contributed by atoms with van der Waals surface area (Å²) in [6, 6.07) is 4.73.